The van der Waals surface area contributed by atoms with Gasteiger partial charge in [0.15, 0.2) is 0 Å². The van der Waals surface area contributed by atoms with Crippen molar-refractivity contribution in [3.05, 3.63) is 42.5 Å². The van der Waals surface area contributed by atoms with Gasteiger partial charge in [-0.2, -0.15) is 4.31 Å². The molecule has 9 heteroatoms. The molecule has 1 amide bonds. The molecule has 0 spiro atoms. The predicted molar refractivity (Wildman–Crippen MR) is 84.8 cm³/mol. The Balaban J connectivity index is 1.98. The molecule has 1 aliphatic rings. The second kappa shape index (κ2) is 7.82. The molecule has 1 heterocycles. The van der Waals surface area contributed by atoms with Crippen LogP contribution in [0, 0.1) is 11.6 Å². The summed E-state index contributed by atoms with van der Waals surface area (Å²) in [6.45, 7) is 5.05. The zero-order chi connectivity index (χ0) is 17.7. The Kier molecular flexibility index (Phi) is 6.03. The monoisotopic (exact) mass is 359 g/mol. The van der Waals surface area contributed by atoms with Crippen LogP contribution < -0.4 is 5.32 Å². The topological polar surface area (TPSA) is 69.7 Å². The lowest BCUT2D eigenvalue weighted by atomic mass is 10.3. The first-order valence-electron chi connectivity index (χ1n) is 7.39. The van der Waals surface area contributed by atoms with E-state index in [1.165, 1.54) is 4.31 Å². The summed E-state index contributed by atoms with van der Waals surface area (Å²) in [5, 5.41) is 2.65. The molecule has 1 fully saturated rings. The lowest BCUT2D eigenvalue weighted by molar-refractivity contribution is -0.122. The first kappa shape index (κ1) is 18.5. The van der Waals surface area contributed by atoms with Gasteiger partial charge in [0.2, 0.25) is 15.9 Å². The number of nitrogens with one attached hydrogen (secondary N) is 1. The number of nitrogens with zero attached hydrogens (tertiary/aromatic N) is 2. The lowest BCUT2D eigenvalue weighted by Crippen LogP contribution is -2.51. The normalized spacial score (nSPS) is 16.8. The van der Waals surface area contributed by atoms with Crippen LogP contribution in [0.3, 0.4) is 0 Å². The Morgan fingerprint density at radius 1 is 1.17 bits per heavy atom. The van der Waals surface area contributed by atoms with Gasteiger partial charge in [-0.25, -0.2) is 17.2 Å². The summed E-state index contributed by atoms with van der Waals surface area (Å²) in [5.41, 5.74) is 0. The first-order valence-corrected chi connectivity index (χ1v) is 8.83. The fourth-order valence-corrected chi connectivity index (χ4v) is 3.86. The second-order valence-electron chi connectivity index (χ2n) is 5.38. The van der Waals surface area contributed by atoms with Crippen molar-refractivity contribution >= 4 is 15.9 Å². The van der Waals surface area contributed by atoms with Gasteiger partial charge in [0, 0.05) is 38.8 Å². The van der Waals surface area contributed by atoms with E-state index in [2.05, 4.69) is 11.9 Å². The van der Waals surface area contributed by atoms with Crippen LogP contribution >= 0.6 is 0 Å². The van der Waals surface area contributed by atoms with Crippen LogP contribution in [0.15, 0.2) is 35.7 Å². The summed E-state index contributed by atoms with van der Waals surface area (Å²) in [5.74, 6) is -2.05. The second-order valence-corrected chi connectivity index (χ2v) is 7.32. The van der Waals surface area contributed by atoms with Gasteiger partial charge in [0.05, 0.1) is 11.4 Å². The quantitative estimate of drug-likeness (QED) is 0.754. The van der Waals surface area contributed by atoms with Gasteiger partial charge in [-0.05, 0) is 12.1 Å². The van der Waals surface area contributed by atoms with Gasteiger partial charge in [0.25, 0.3) is 0 Å². The molecule has 0 bridgehead atoms. The molecule has 0 aliphatic carbocycles. The van der Waals surface area contributed by atoms with Gasteiger partial charge in [0.1, 0.15) is 11.6 Å². The molecule has 0 saturated carbocycles. The zero-order valence-corrected chi connectivity index (χ0v) is 13.9. The number of sulfonamides is 1. The van der Waals surface area contributed by atoms with E-state index in [4.69, 9.17) is 0 Å². The minimum atomic E-state index is -3.96. The third-order valence-electron chi connectivity index (χ3n) is 3.62. The number of carbonyl (C=O) groups excluding carboxylic acids is 1. The molecule has 132 valence electrons. The van der Waals surface area contributed by atoms with Crippen molar-refractivity contribution < 1.29 is 22.0 Å². The van der Waals surface area contributed by atoms with Crippen molar-refractivity contribution in [2.24, 2.45) is 0 Å². The van der Waals surface area contributed by atoms with Gasteiger partial charge >= 0.3 is 0 Å². The van der Waals surface area contributed by atoms with E-state index in [1.807, 2.05) is 4.90 Å². The van der Waals surface area contributed by atoms with Crippen LogP contribution in [0.1, 0.15) is 0 Å². The molecule has 0 radical (unpaired) electrons. The Morgan fingerprint density at radius 2 is 1.75 bits per heavy atom. The maximum Gasteiger partial charge on any atom is 0.243 e. The van der Waals surface area contributed by atoms with E-state index in [9.17, 15) is 22.0 Å². The summed E-state index contributed by atoms with van der Waals surface area (Å²) in [7, 11) is -3.96. The molecule has 24 heavy (non-hydrogen) atoms. The summed E-state index contributed by atoms with van der Waals surface area (Å²) in [4.78, 5) is 13.0. The number of carbonyl (C=O) groups is 1. The van der Waals surface area contributed by atoms with Crippen molar-refractivity contribution in [3.8, 4) is 0 Å². The summed E-state index contributed by atoms with van der Waals surface area (Å²) in [6.07, 6.45) is 1.57. The molecule has 0 unspecified atom stereocenters. The number of amides is 1. The molecule has 2 rings (SSSR count). The van der Waals surface area contributed by atoms with Crippen LogP contribution in [0.5, 0.6) is 0 Å². The summed E-state index contributed by atoms with van der Waals surface area (Å²) >= 11 is 0. The van der Waals surface area contributed by atoms with E-state index in [0.717, 1.165) is 12.1 Å². The van der Waals surface area contributed by atoms with E-state index in [1.54, 1.807) is 6.08 Å². The molecule has 1 aliphatic heterocycles. The Bertz CT molecular complexity index is 696. The van der Waals surface area contributed by atoms with Crippen LogP contribution in [0.25, 0.3) is 0 Å². The molecule has 1 aromatic rings. The average molecular weight is 359 g/mol. The highest BCUT2D eigenvalue weighted by atomic mass is 32.2. The smallest absolute Gasteiger partial charge is 0.243 e. The van der Waals surface area contributed by atoms with E-state index < -0.39 is 26.6 Å². The SMILES string of the molecule is C=CCNC(=O)CN1CCN(S(=O)(=O)c2cc(F)cc(F)c2)CC1. The van der Waals surface area contributed by atoms with E-state index in [-0.39, 0.29) is 25.5 Å². The van der Waals surface area contributed by atoms with Crippen LogP contribution in [0.4, 0.5) is 8.78 Å². The average Bonchev–Trinajstić information content (AvgIpc) is 2.52. The van der Waals surface area contributed by atoms with Gasteiger partial charge < -0.3 is 5.32 Å². The zero-order valence-electron chi connectivity index (χ0n) is 13.0. The standard InChI is InChI=1S/C15H19F2N3O3S/c1-2-3-18-15(21)11-19-4-6-20(7-5-19)24(22,23)14-9-12(16)8-13(17)10-14/h2,8-10H,1,3-7,11H2,(H,18,21). The van der Waals surface area contributed by atoms with Crippen molar-refractivity contribution in [1.82, 2.24) is 14.5 Å². The van der Waals surface area contributed by atoms with Crippen LogP contribution in [0.2, 0.25) is 0 Å². The van der Waals surface area contributed by atoms with Crippen molar-refractivity contribution in [1.29, 1.82) is 0 Å². The van der Waals surface area contributed by atoms with Gasteiger partial charge in [-0.3, -0.25) is 9.69 Å². The molecule has 1 saturated heterocycles. The highest BCUT2D eigenvalue weighted by Crippen LogP contribution is 2.19. The third-order valence-corrected chi connectivity index (χ3v) is 5.49. The summed E-state index contributed by atoms with van der Waals surface area (Å²) < 4.78 is 52.6. The Hall–Kier alpha value is -1.84. The van der Waals surface area contributed by atoms with Crippen molar-refractivity contribution in [2.45, 2.75) is 4.90 Å². The molecule has 1 N–H and O–H groups in total. The molecule has 0 atom stereocenters. The number of piperazine rings is 1. The minimum absolute atomic E-state index is 0.148. The number of hydrogen-bond donors (Lipinski definition) is 1. The third kappa shape index (κ3) is 4.59. The molecule has 0 aromatic heterocycles. The highest BCUT2D eigenvalue weighted by molar-refractivity contribution is 7.89. The van der Waals surface area contributed by atoms with Crippen molar-refractivity contribution in [3.63, 3.8) is 0 Å². The number of benzene rings is 1. The maximum atomic E-state index is 13.3. The Morgan fingerprint density at radius 3 is 2.29 bits per heavy atom. The van der Waals surface area contributed by atoms with Crippen LogP contribution in [-0.2, 0) is 14.8 Å². The van der Waals surface area contributed by atoms with Gasteiger partial charge in [-0.1, -0.05) is 6.08 Å². The fourth-order valence-electron chi connectivity index (χ4n) is 2.40. The van der Waals surface area contributed by atoms with Crippen LogP contribution in [-0.4, -0.2) is 62.8 Å². The molecular weight excluding hydrogens is 340 g/mol. The largest absolute Gasteiger partial charge is 0.352 e. The molecule has 6 nitrogen and oxygen atoms in total. The fraction of sp³-hybridized carbons (Fsp3) is 0.400. The van der Waals surface area contributed by atoms with Crippen molar-refractivity contribution in [2.75, 3.05) is 39.3 Å². The highest BCUT2D eigenvalue weighted by Gasteiger charge is 2.29. The van der Waals surface area contributed by atoms with Gasteiger partial charge in [-0.15, -0.1) is 6.58 Å². The molecular formula is C15H19F2N3O3S. The van der Waals surface area contributed by atoms with E-state index >= 15 is 0 Å². The minimum Gasteiger partial charge on any atom is -0.352 e. The maximum absolute atomic E-state index is 13.3. The van der Waals surface area contributed by atoms with E-state index in [0.29, 0.717) is 25.7 Å². The Labute approximate surface area is 139 Å². The molecule has 1 aromatic carbocycles. The predicted octanol–water partition coefficient (Wildman–Crippen LogP) is 0.573. The lowest BCUT2D eigenvalue weighted by Gasteiger charge is -2.33. The number of halogens is 2. The number of hydrogen-bond acceptors (Lipinski definition) is 4. The first-order chi connectivity index (χ1) is 11.3. The summed E-state index contributed by atoms with van der Waals surface area (Å²) in [6, 6.07) is 2.22. The number of rotatable bonds is 6.